The summed E-state index contributed by atoms with van der Waals surface area (Å²) < 4.78 is 5.77. The van der Waals surface area contributed by atoms with Gasteiger partial charge in [0, 0.05) is 49.4 Å². The molecule has 46 heavy (non-hydrogen) atoms. The number of fused-ring (bicyclic) bond motifs is 2. The first-order chi connectivity index (χ1) is 22.4. The minimum atomic E-state index is -0.860. The smallest absolute Gasteiger partial charge is 0.266 e. The van der Waals surface area contributed by atoms with Crippen molar-refractivity contribution in [3.63, 3.8) is 0 Å². The van der Waals surface area contributed by atoms with E-state index in [-0.39, 0.29) is 50.4 Å². The number of nitrogens with one attached hydrogen (secondary N) is 4. The second-order valence-corrected chi connectivity index (χ2v) is 11.5. The second kappa shape index (κ2) is 15.7. The van der Waals surface area contributed by atoms with Gasteiger partial charge in [0.25, 0.3) is 11.8 Å². The fraction of sp³-hybridized carbons (Fsp3) is 0.355. The highest BCUT2D eigenvalue weighted by molar-refractivity contribution is 7.17. The van der Waals surface area contributed by atoms with E-state index in [1.807, 2.05) is 6.92 Å². The molecular formula is C31H35N9O5S. The van der Waals surface area contributed by atoms with Crippen LogP contribution in [0.3, 0.4) is 0 Å². The lowest BCUT2D eigenvalue weighted by molar-refractivity contribution is -0.123. The third-order valence-electron chi connectivity index (χ3n) is 7.15. The zero-order valence-corrected chi connectivity index (χ0v) is 26.1. The molecule has 1 aromatic carbocycles. The van der Waals surface area contributed by atoms with E-state index in [1.165, 1.54) is 22.6 Å². The molecular weight excluding hydrogens is 610 g/mol. The number of imidazole rings is 1. The molecule has 5 rings (SSSR count). The third-order valence-corrected chi connectivity index (χ3v) is 8.23. The van der Waals surface area contributed by atoms with Gasteiger partial charge in [-0.25, -0.2) is 19.9 Å². The Kier molecular flexibility index (Phi) is 11.0. The average molecular weight is 646 g/mol. The predicted octanol–water partition coefficient (Wildman–Crippen LogP) is 1.77. The number of ether oxygens (including phenoxy) is 1. The Labute approximate surface area is 269 Å². The molecule has 1 atom stereocenters. The van der Waals surface area contributed by atoms with Gasteiger partial charge >= 0.3 is 0 Å². The number of rotatable bonds is 5. The van der Waals surface area contributed by atoms with Crippen molar-refractivity contribution < 1.29 is 23.9 Å². The summed E-state index contributed by atoms with van der Waals surface area (Å²) in [6.45, 7) is 2.67. The lowest BCUT2D eigenvalue weighted by Crippen LogP contribution is -2.48. The number of benzene rings is 1. The number of hydrogen-bond donors (Lipinski definition) is 4. The van der Waals surface area contributed by atoms with E-state index in [0.29, 0.717) is 64.2 Å². The number of aromatic amines is 1. The number of aryl methyl sites for hydroxylation is 1. The van der Waals surface area contributed by atoms with Crippen LogP contribution in [0.2, 0.25) is 0 Å². The van der Waals surface area contributed by atoms with Crippen LogP contribution < -0.4 is 20.7 Å². The summed E-state index contributed by atoms with van der Waals surface area (Å²) >= 11 is 1.20. The van der Waals surface area contributed by atoms with Crippen molar-refractivity contribution >= 4 is 35.0 Å². The van der Waals surface area contributed by atoms with Gasteiger partial charge in [-0.1, -0.05) is 13.0 Å². The van der Waals surface area contributed by atoms with E-state index in [2.05, 4.69) is 40.9 Å². The molecule has 0 spiro atoms. The van der Waals surface area contributed by atoms with Crippen LogP contribution in [0.5, 0.6) is 5.75 Å². The summed E-state index contributed by atoms with van der Waals surface area (Å²) in [4.78, 5) is 75.2. The standard InChI is InChI=1S/C31H35N9O5S/c1-2-23-26(46-30(39-23)27-34-10-6-11-35-27)31(44)40-13-4-3-9-36-29(43)24(16-21-17-32-19-37-21)38-28(42)20-7-5-8-22(15-20)45-14-12-33-25(41)18-40/h5-8,10-11,15,17,19,24H,2-4,9,12-14,16,18H2,1H3,(H,32,37)(H,33,41)(H,36,43)(H,38,42)/t24-/m0/s1. The van der Waals surface area contributed by atoms with E-state index < -0.39 is 11.9 Å². The van der Waals surface area contributed by atoms with Gasteiger partial charge < -0.3 is 30.6 Å². The third kappa shape index (κ3) is 8.50. The lowest BCUT2D eigenvalue weighted by atomic mass is 10.1. The first kappa shape index (κ1) is 32.2. The van der Waals surface area contributed by atoms with Crippen molar-refractivity contribution in [3.8, 4) is 16.6 Å². The molecule has 0 unspecified atom stereocenters. The maximum atomic E-state index is 13.8. The molecule has 2 bridgehead atoms. The molecule has 0 aliphatic carbocycles. The van der Waals surface area contributed by atoms with Gasteiger partial charge in [0.2, 0.25) is 11.8 Å². The zero-order chi connectivity index (χ0) is 32.3. The van der Waals surface area contributed by atoms with Crippen LogP contribution in [0, 0.1) is 0 Å². The maximum Gasteiger partial charge on any atom is 0.266 e. The van der Waals surface area contributed by atoms with Gasteiger partial charge in [-0.3, -0.25) is 19.2 Å². The molecule has 4 amide bonds. The molecule has 0 saturated carbocycles. The van der Waals surface area contributed by atoms with Crippen LogP contribution in [-0.4, -0.2) is 92.3 Å². The van der Waals surface area contributed by atoms with Gasteiger partial charge in [0.05, 0.1) is 25.1 Å². The maximum absolute atomic E-state index is 13.8. The highest BCUT2D eigenvalue weighted by Crippen LogP contribution is 2.27. The minimum absolute atomic E-state index is 0.144. The van der Waals surface area contributed by atoms with Crippen molar-refractivity contribution in [1.82, 2.24) is 45.8 Å². The quantitative estimate of drug-likeness (QED) is 0.251. The topological polar surface area (TPSA) is 184 Å². The van der Waals surface area contributed by atoms with Gasteiger partial charge in [0.1, 0.15) is 23.3 Å². The zero-order valence-electron chi connectivity index (χ0n) is 25.3. The number of aromatic nitrogens is 5. The molecule has 14 nitrogen and oxygen atoms in total. The summed E-state index contributed by atoms with van der Waals surface area (Å²) in [7, 11) is 0. The van der Waals surface area contributed by atoms with E-state index in [9.17, 15) is 19.2 Å². The number of hydrogen-bond acceptors (Lipinski definition) is 10. The fourth-order valence-electron chi connectivity index (χ4n) is 4.80. The minimum Gasteiger partial charge on any atom is -0.492 e. The Hall–Kier alpha value is -5.18. The molecule has 0 radical (unpaired) electrons. The van der Waals surface area contributed by atoms with Crippen molar-refractivity contribution in [2.24, 2.45) is 0 Å². The van der Waals surface area contributed by atoms with E-state index in [0.717, 1.165) is 0 Å². The van der Waals surface area contributed by atoms with Crippen LogP contribution in [0.1, 0.15) is 51.2 Å². The number of carbonyl (C=O) groups is 4. The number of amides is 4. The molecule has 4 N–H and O–H groups in total. The molecule has 240 valence electrons. The normalized spacial score (nSPS) is 17.0. The summed E-state index contributed by atoms with van der Waals surface area (Å²) in [6.07, 6.45) is 8.13. The largest absolute Gasteiger partial charge is 0.492 e. The van der Waals surface area contributed by atoms with Crippen molar-refractivity contribution in [3.05, 3.63) is 77.1 Å². The number of H-pyrrole nitrogens is 1. The van der Waals surface area contributed by atoms with Gasteiger partial charge in [-0.15, -0.1) is 11.3 Å². The first-order valence-electron chi connectivity index (χ1n) is 15.0. The molecule has 15 heteroatoms. The molecule has 3 aromatic heterocycles. The Morgan fingerprint density at radius 1 is 1.09 bits per heavy atom. The molecule has 1 aliphatic heterocycles. The van der Waals surface area contributed by atoms with E-state index >= 15 is 0 Å². The van der Waals surface area contributed by atoms with Crippen LogP contribution in [0.4, 0.5) is 0 Å². The van der Waals surface area contributed by atoms with Crippen LogP contribution in [0.25, 0.3) is 10.8 Å². The van der Waals surface area contributed by atoms with Gasteiger partial charge in [-0.05, 0) is 43.5 Å². The van der Waals surface area contributed by atoms with Crippen molar-refractivity contribution in [2.75, 3.05) is 32.8 Å². The fourth-order valence-corrected chi connectivity index (χ4v) is 5.87. The summed E-state index contributed by atoms with van der Waals surface area (Å²) in [6, 6.07) is 7.43. The summed E-state index contributed by atoms with van der Waals surface area (Å²) in [5.41, 5.74) is 1.63. The van der Waals surface area contributed by atoms with E-state index in [4.69, 9.17) is 4.74 Å². The van der Waals surface area contributed by atoms with E-state index in [1.54, 1.807) is 48.9 Å². The van der Waals surface area contributed by atoms with Crippen LogP contribution in [0.15, 0.2) is 55.2 Å². The number of carbonyl (C=O) groups excluding carboxylic acids is 4. The van der Waals surface area contributed by atoms with Crippen LogP contribution in [-0.2, 0) is 22.4 Å². The highest BCUT2D eigenvalue weighted by Gasteiger charge is 2.26. The van der Waals surface area contributed by atoms with Crippen molar-refractivity contribution in [1.29, 1.82) is 0 Å². The Morgan fingerprint density at radius 3 is 2.72 bits per heavy atom. The Bertz CT molecular complexity index is 1650. The average Bonchev–Trinajstić information content (AvgIpc) is 3.76. The molecule has 0 fully saturated rings. The molecule has 4 heterocycles. The molecule has 1 aliphatic rings. The van der Waals surface area contributed by atoms with Crippen LogP contribution >= 0.6 is 11.3 Å². The summed E-state index contributed by atoms with van der Waals surface area (Å²) in [5.74, 6) is -0.570. The first-order valence-corrected chi connectivity index (χ1v) is 15.8. The molecule has 0 saturated heterocycles. The number of nitrogens with zero attached hydrogens (tertiary/aromatic N) is 5. The highest BCUT2D eigenvalue weighted by atomic mass is 32.1. The van der Waals surface area contributed by atoms with Gasteiger partial charge in [-0.2, -0.15) is 0 Å². The predicted molar refractivity (Wildman–Crippen MR) is 169 cm³/mol. The molecule has 4 aromatic rings. The monoisotopic (exact) mass is 645 g/mol. The van der Waals surface area contributed by atoms with Crippen molar-refractivity contribution in [2.45, 2.75) is 38.6 Å². The Balaban J connectivity index is 1.33. The Morgan fingerprint density at radius 2 is 1.93 bits per heavy atom. The SMILES string of the molecule is CCc1nc(-c2ncccn2)sc1C(=O)N1CCCCNC(=O)[C@H](Cc2cnc[nH]2)NC(=O)c2cccc(c2)OCCNC(=O)C1. The van der Waals surface area contributed by atoms with Gasteiger partial charge in [0.15, 0.2) is 10.8 Å². The second-order valence-electron chi connectivity index (χ2n) is 10.5. The lowest BCUT2D eigenvalue weighted by Gasteiger charge is -2.22. The number of thiazole rings is 1. The summed E-state index contributed by atoms with van der Waals surface area (Å²) in [5, 5.41) is 9.05.